The van der Waals surface area contributed by atoms with Crippen LogP contribution < -0.4 is 0 Å². The molecule has 0 atom stereocenters. The Kier molecular flexibility index (Phi) is 5.30. The molecule has 0 spiro atoms. The molecule has 0 bridgehead atoms. The van der Waals surface area contributed by atoms with Gasteiger partial charge in [-0.1, -0.05) is 25.8 Å². The standard InChI is InChI=1S/C20H21F3O2/c1-2-3-12-4-7-15(8-5-12)25-20(24)13-6-9-16-14(10-13)11-17(21)19(23)18(16)22/h6,9-12,15H,2-5,7-8H2,1H3. The van der Waals surface area contributed by atoms with E-state index >= 15 is 0 Å². The minimum absolute atomic E-state index is 0.0597. The summed E-state index contributed by atoms with van der Waals surface area (Å²) in [5.74, 6) is -3.83. The minimum Gasteiger partial charge on any atom is -0.459 e. The summed E-state index contributed by atoms with van der Waals surface area (Å²) in [5, 5.41) is 0.0769. The second-order valence-electron chi connectivity index (χ2n) is 6.76. The predicted molar refractivity (Wildman–Crippen MR) is 89.9 cm³/mol. The predicted octanol–water partition coefficient (Wildman–Crippen LogP) is 5.77. The topological polar surface area (TPSA) is 26.3 Å². The molecule has 0 saturated heterocycles. The van der Waals surface area contributed by atoms with Crippen molar-refractivity contribution < 1.29 is 22.7 Å². The van der Waals surface area contributed by atoms with E-state index in [0.29, 0.717) is 5.92 Å². The molecular weight excluding hydrogens is 329 g/mol. The maximum absolute atomic E-state index is 13.7. The first-order chi connectivity index (χ1) is 12.0. The first-order valence-corrected chi connectivity index (χ1v) is 8.77. The van der Waals surface area contributed by atoms with Gasteiger partial charge in [-0.3, -0.25) is 0 Å². The van der Waals surface area contributed by atoms with Gasteiger partial charge in [0.1, 0.15) is 6.10 Å². The van der Waals surface area contributed by atoms with Crippen LogP contribution in [0.4, 0.5) is 13.2 Å². The van der Waals surface area contributed by atoms with E-state index < -0.39 is 23.4 Å². The average molecular weight is 350 g/mol. The van der Waals surface area contributed by atoms with Crippen molar-refractivity contribution in [3.05, 3.63) is 47.3 Å². The van der Waals surface area contributed by atoms with Gasteiger partial charge >= 0.3 is 5.97 Å². The van der Waals surface area contributed by atoms with E-state index in [0.717, 1.165) is 31.7 Å². The van der Waals surface area contributed by atoms with Crippen LogP contribution in [0.2, 0.25) is 0 Å². The first kappa shape index (κ1) is 17.8. The van der Waals surface area contributed by atoms with Gasteiger partial charge in [-0.15, -0.1) is 0 Å². The van der Waals surface area contributed by atoms with Crippen LogP contribution in [0.25, 0.3) is 10.8 Å². The summed E-state index contributed by atoms with van der Waals surface area (Å²) in [4.78, 5) is 12.3. The van der Waals surface area contributed by atoms with E-state index in [9.17, 15) is 18.0 Å². The molecule has 1 saturated carbocycles. The number of hydrogen-bond donors (Lipinski definition) is 0. The lowest BCUT2D eigenvalue weighted by molar-refractivity contribution is 0.0162. The number of carbonyl (C=O) groups excluding carboxylic acids is 1. The summed E-state index contributed by atoms with van der Waals surface area (Å²) >= 11 is 0. The maximum atomic E-state index is 13.7. The van der Waals surface area contributed by atoms with Crippen LogP contribution in [0.5, 0.6) is 0 Å². The SMILES string of the molecule is CCCC1CCC(OC(=O)c2ccc3c(F)c(F)c(F)cc3c2)CC1. The van der Waals surface area contributed by atoms with Crippen LogP contribution >= 0.6 is 0 Å². The van der Waals surface area contributed by atoms with E-state index in [1.807, 2.05) is 0 Å². The zero-order valence-corrected chi connectivity index (χ0v) is 14.2. The van der Waals surface area contributed by atoms with E-state index in [4.69, 9.17) is 4.74 Å². The van der Waals surface area contributed by atoms with Crippen LogP contribution in [0.3, 0.4) is 0 Å². The molecule has 0 N–H and O–H groups in total. The lowest BCUT2D eigenvalue weighted by Crippen LogP contribution is -2.24. The van der Waals surface area contributed by atoms with Crippen molar-refractivity contribution >= 4 is 16.7 Å². The number of fused-ring (bicyclic) bond motifs is 1. The van der Waals surface area contributed by atoms with E-state index in [-0.39, 0.29) is 22.4 Å². The lowest BCUT2D eigenvalue weighted by Gasteiger charge is -2.28. The molecule has 0 aromatic heterocycles. The number of carbonyl (C=O) groups is 1. The molecule has 0 aliphatic heterocycles. The Morgan fingerprint density at radius 1 is 1.08 bits per heavy atom. The second kappa shape index (κ2) is 7.46. The fourth-order valence-corrected chi connectivity index (χ4v) is 3.60. The molecule has 0 amide bonds. The van der Waals surface area contributed by atoms with Crippen LogP contribution in [0.15, 0.2) is 24.3 Å². The normalized spacial score (nSPS) is 20.6. The molecule has 134 valence electrons. The monoisotopic (exact) mass is 350 g/mol. The van der Waals surface area contributed by atoms with Crippen molar-refractivity contribution in [3.63, 3.8) is 0 Å². The third-order valence-electron chi connectivity index (χ3n) is 4.97. The lowest BCUT2D eigenvalue weighted by atomic mass is 9.85. The highest BCUT2D eigenvalue weighted by Crippen LogP contribution is 2.30. The minimum atomic E-state index is -1.51. The molecule has 2 nitrogen and oxygen atoms in total. The molecule has 0 radical (unpaired) electrons. The molecule has 2 aromatic carbocycles. The molecule has 0 heterocycles. The molecule has 3 rings (SSSR count). The third kappa shape index (κ3) is 3.80. The molecule has 0 unspecified atom stereocenters. The zero-order chi connectivity index (χ0) is 18.0. The van der Waals surface area contributed by atoms with E-state index in [1.165, 1.54) is 31.0 Å². The van der Waals surface area contributed by atoms with Crippen molar-refractivity contribution in [2.24, 2.45) is 5.92 Å². The summed E-state index contributed by atoms with van der Waals surface area (Å²) in [5.41, 5.74) is 0.216. The first-order valence-electron chi connectivity index (χ1n) is 8.77. The van der Waals surface area contributed by atoms with Crippen molar-refractivity contribution in [1.82, 2.24) is 0 Å². The van der Waals surface area contributed by atoms with Gasteiger partial charge < -0.3 is 4.74 Å². The van der Waals surface area contributed by atoms with Gasteiger partial charge in [0.15, 0.2) is 17.5 Å². The van der Waals surface area contributed by atoms with Crippen LogP contribution in [0.1, 0.15) is 55.8 Å². The molecule has 1 fully saturated rings. The Balaban J connectivity index is 1.71. The van der Waals surface area contributed by atoms with Gasteiger partial charge in [-0.2, -0.15) is 0 Å². The summed E-state index contributed by atoms with van der Waals surface area (Å²) in [6, 6.07) is 4.89. The van der Waals surface area contributed by atoms with Gasteiger partial charge in [0, 0.05) is 5.39 Å². The maximum Gasteiger partial charge on any atom is 0.338 e. The Labute approximate surface area is 145 Å². The third-order valence-corrected chi connectivity index (χ3v) is 4.97. The number of esters is 1. The molecular formula is C20H21F3O2. The fraction of sp³-hybridized carbons (Fsp3) is 0.450. The number of rotatable bonds is 4. The summed E-state index contributed by atoms with van der Waals surface area (Å²) in [6.07, 6.45) is 6.06. The van der Waals surface area contributed by atoms with Gasteiger partial charge in [0.25, 0.3) is 0 Å². The molecule has 1 aliphatic rings. The molecule has 2 aromatic rings. The molecule has 5 heteroatoms. The van der Waals surface area contributed by atoms with Gasteiger partial charge in [-0.25, -0.2) is 18.0 Å². The number of benzene rings is 2. The van der Waals surface area contributed by atoms with Crippen LogP contribution in [-0.4, -0.2) is 12.1 Å². The van der Waals surface area contributed by atoms with E-state index in [1.54, 1.807) is 0 Å². The fourth-order valence-electron chi connectivity index (χ4n) is 3.60. The van der Waals surface area contributed by atoms with Gasteiger partial charge in [0.2, 0.25) is 0 Å². The highest BCUT2D eigenvalue weighted by atomic mass is 19.2. The molecule has 25 heavy (non-hydrogen) atoms. The van der Waals surface area contributed by atoms with Crippen molar-refractivity contribution in [2.45, 2.75) is 51.6 Å². The van der Waals surface area contributed by atoms with Gasteiger partial charge in [0.05, 0.1) is 5.56 Å². The summed E-state index contributed by atoms with van der Waals surface area (Å²) < 4.78 is 45.9. The van der Waals surface area contributed by atoms with Crippen LogP contribution in [0, 0.1) is 23.4 Å². The quantitative estimate of drug-likeness (QED) is 0.517. The summed E-state index contributed by atoms with van der Waals surface area (Å²) in [6.45, 7) is 2.17. The number of ether oxygens (including phenoxy) is 1. The average Bonchev–Trinajstić information content (AvgIpc) is 2.61. The van der Waals surface area contributed by atoms with Crippen molar-refractivity contribution in [3.8, 4) is 0 Å². The Hall–Kier alpha value is -2.04. The molecule has 1 aliphatic carbocycles. The van der Waals surface area contributed by atoms with E-state index in [2.05, 4.69) is 6.92 Å². The smallest absolute Gasteiger partial charge is 0.338 e. The second-order valence-corrected chi connectivity index (χ2v) is 6.76. The summed E-state index contributed by atoms with van der Waals surface area (Å²) in [7, 11) is 0. The van der Waals surface area contributed by atoms with Crippen molar-refractivity contribution in [2.75, 3.05) is 0 Å². The Bertz CT molecular complexity index is 780. The highest BCUT2D eigenvalue weighted by Gasteiger charge is 2.24. The van der Waals surface area contributed by atoms with Gasteiger partial charge in [-0.05, 0) is 55.2 Å². The highest BCUT2D eigenvalue weighted by molar-refractivity contribution is 5.95. The zero-order valence-electron chi connectivity index (χ0n) is 14.2. The Morgan fingerprint density at radius 2 is 1.80 bits per heavy atom. The van der Waals surface area contributed by atoms with Crippen LogP contribution in [-0.2, 0) is 4.74 Å². The number of halogens is 3. The largest absolute Gasteiger partial charge is 0.459 e. The number of hydrogen-bond acceptors (Lipinski definition) is 2. The van der Waals surface area contributed by atoms with Crippen molar-refractivity contribution in [1.29, 1.82) is 0 Å². The Morgan fingerprint density at radius 3 is 2.48 bits per heavy atom.